The van der Waals surface area contributed by atoms with Gasteiger partial charge in [-0.25, -0.2) is 0 Å². The maximum atomic E-state index is 10.4. The van der Waals surface area contributed by atoms with E-state index in [1.54, 1.807) is 0 Å². The molecule has 4 N–H and O–H groups in total. The number of aromatic hydroxyl groups is 1. The first-order valence-electron chi connectivity index (χ1n) is 8.11. The summed E-state index contributed by atoms with van der Waals surface area (Å²) >= 11 is 0. The Morgan fingerprint density at radius 3 is 2.77 bits per heavy atom. The molecule has 0 saturated carbocycles. The highest BCUT2D eigenvalue weighted by Crippen LogP contribution is 2.38. The predicted molar refractivity (Wildman–Crippen MR) is 91.4 cm³/mol. The molecule has 1 unspecified atom stereocenters. The molecular formula is C19H24N2O. The van der Waals surface area contributed by atoms with Crippen molar-refractivity contribution in [3.63, 3.8) is 0 Å². The number of hydrogen-bond donors (Lipinski definition) is 3. The molecule has 0 saturated heterocycles. The van der Waals surface area contributed by atoms with E-state index in [2.05, 4.69) is 36.5 Å². The van der Waals surface area contributed by atoms with Crippen molar-refractivity contribution in [1.82, 2.24) is 5.32 Å². The van der Waals surface area contributed by atoms with E-state index in [0.29, 0.717) is 5.69 Å². The van der Waals surface area contributed by atoms with Gasteiger partial charge < -0.3 is 16.2 Å². The van der Waals surface area contributed by atoms with Gasteiger partial charge in [-0.2, -0.15) is 0 Å². The Morgan fingerprint density at radius 2 is 2.05 bits per heavy atom. The van der Waals surface area contributed by atoms with Crippen molar-refractivity contribution >= 4 is 5.69 Å². The average Bonchev–Trinajstić information content (AvgIpc) is 2.75. The fourth-order valence-corrected chi connectivity index (χ4v) is 3.49. The summed E-state index contributed by atoms with van der Waals surface area (Å²) in [4.78, 5) is 0. The van der Waals surface area contributed by atoms with Crippen LogP contribution in [0.15, 0.2) is 36.4 Å². The standard InChI is InChI=1S/C19H24N2O/c1-2-6-15-14-9-10-21-12-17(13-7-4-3-5-8-13)16(14)11-18(20)19(15)22/h3-5,7-8,11,17,21-22H,2,6,9-10,12,20H2,1H3. The second-order valence-electron chi connectivity index (χ2n) is 6.03. The predicted octanol–water partition coefficient (Wildman–Crippen LogP) is 3.20. The Labute approximate surface area is 132 Å². The summed E-state index contributed by atoms with van der Waals surface area (Å²) in [6.07, 6.45) is 2.83. The summed E-state index contributed by atoms with van der Waals surface area (Å²) in [7, 11) is 0. The topological polar surface area (TPSA) is 58.3 Å². The zero-order valence-corrected chi connectivity index (χ0v) is 13.1. The highest BCUT2D eigenvalue weighted by Gasteiger charge is 2.24. The average molecular weight is 296 g/mol. The minimum Gasteiger partial charge on any atom is -0.505 e. The van der Waals surface area contributed by atoms with Crippen molar-refractivity contribution in [3.05, 3.63) is 58.7 Å². The van der Waals surface area contributed by atoms with Gasteiger partial charge in [-0.3, -0.25) is 0 Å². The number of hydrogen-bond acceptors (Lipinski definition) is 3. The zero-order valence-electron chi connectivity index (χ0n) is 13.1. The Balaban J connectivity index is 2.16. The van der Waals surface area contributed by atoms with Gasteiger partial charge in [0.1, 0.15) is 5.75 Å². The lowest BCUT2D eigenvalue weighted by Crippen LogP contribution is -2.20. The van der Waals surface area contributed by atoms with Gasteiger partial charge >= 0.3 is 0 Å². The normalized spacial score (nSPS) is 17.8. The van der Waals surface area contributed by atoms with Crippen LogP contribution >= 0.6 is 0 Å². The van der Waals surface area contributed by atoms with Crippen LogP contribution in [0.1, 0.15) is 41.5 Å². The van der Waals surface area contributed by atoms with Crippen molar-refractivity contribution in [2.24, 2.45) is 0 Å². The van der Waals surface area contributed by atoms with E-state index in [9.17, 15) is 5.11 Å². The number of phenolic OH excluding ortho intramolecular Hbond substituents is 1. The number of rotatable bonds is 3. The van der Waals surface area contributed by atoms with Crippen LogP contribution in [0.3, 0.4) is 0 Å². The summed E-state index contributed by atoms with van der Waals surface area (Å²) in [5.41, 5.74) is 11.5. The fourth-order valence-electron chi connectivity index (χ4n) is 3.49. The Kier molecular flexibility index (Phi) is 4.34. The maximum Gasteiger partial charge on any atom is 0.141 e. The molecule has 3 heteroatoms. The molecule has 0 amide bonds. The molecule has 0 bridgehead atoms. The number of nitrogen functional groups attached to an aromatic ring is 1. The minimum atomic E-state index is 0.286. The lowest BCUT2D eigenvalue weighted by atomic mass is 9.84. The number of phenols is 1. The van der Waals surface area contributed by atoms with Gasteiger partial charge in [0, 0.05) is 12.5 Å². The van der Waals surface area contributed by atoms with E-state index in [0.717, 1.165) is 37.9 Å². The SMILES string of the molecule is CCCc1c(O)c(N)cc2c1CCNCC2c1ccccc1. The smallest absolute Gasteiger partial charge is 0.141 e. The summed E-state index contributed by atoms with van der Waals surface area (Å²) in [6, 6.07) is 12.5. The molecule has 0 spiro atoms. The fraction of sp³-hybridized carbons (Fsp3) is 0.368. The van der Waals surface area contributed by atoms with E-state index in [-0.39, 0.29) is 11.7 Å². The summed E-state index contributed by atoms with van der Waals surface area (Å²) in [5.74, 6) is 0.575. The van der Waals surface area contributed by atoms with Crippen molar-refractivity contribution in [2.75, 3.05) is 18.8 Å². The molecule has 1 aliphatic rings. The first-order chi connectivity index (χ1) is 10.7. The maximum absolute atomic E-state index is 10.4. The quantitative estimate of drug-likeness (QED) is 0.602. The Morgan fingerprint density at radius 1 is 1.27 bits per heavy atom. The molecular weight excluding hydrogens is 272 g/mol. The number of benzene rings is 2. The Hall–Kier alpha value is -2.00. The molecule has 2 aromatic carbocycles. The lowest BCUT2D eigenvalue weighted by molar-refractivity contribution is 0.468. The second-order valence-corrected chi connectivity index (χ2v) is 6.03. The van der Waals surface area contributed by atoms with Crippen molar-refractivity contribution < 1.29 is 5.11 Å². The van der Waals surface area contributed by atoms with Gasteiger partial charge in [0.15, 0.2) is 0 Å². The summed E-state index contributed by atoms with van der Waals surface area (Å²) < 4.78 is 0. The molecule has 3 nitrogen and oxygen atoms in total. The second kappa shape index (κ2) is 6.41. The van der Waals surface area contributed by atoms with Crippen LogP contribution in [-0.4, -0.2) is 18.2 Å². The molecule has 1 atom stereocenters. The first-order valence-corrected chi connectivity index (χ1v) is 8.11. The van der Waals surface area contributed by atoms with E-state index < -0.39 is 0 Å². The molecule has 1 heterocycles. The number of fused-ring (bicyclic) bond motifs is 1. The van der Waals surface area contributed by atoms with E-state index in [4.69, 9.17) is 5.73 Å². The third-order valence-electron chi connectivity index (χ3n) is 4.56. The lowest BCUT2D eigenvalue weighted by Gasteiger charge is -2.22. The molecule has 3 rings (SSSR count). The highest BCUT2D eigenvalue weighted by atomic mass is 16.3. The van der Waals surface area contributed by atoms with Crippen LogP contribution in [0.4, 0.5) is 5.69 Å². The van der Waals surface area contributed by atoms with E-state index in [1.165, 1.54) is 16.7 Å². The van der Waals surface area contributed by atoms with Gasteiger partial charge in [0.05, 0.1) is 5.69 Å². The van der Waals surface area contributed by atoms with Gasteiger partial charge in [-0.05, 0) is 47.7 Å². The van der Waals surface area contributed by atoms with Crippen LogP contribution in [0, 0.1) is 0 Å². The molecule has 0 aromatic heterocycles. The molecule has 1 aliphatic heterocycles. The third kappa shape index (κ3) is 2.69. The van der Waals surface area contributed by atoms with E-state index >= 15 is 0 Å². The summed E-state index contributed by atoms with van der Waals surface area (Å²) in [5, 5.41) is 13.9. The van der Waals surface area contributed by atoms with Gasteiger partial charge in [0.2, 0.25) is 0 Å². The Bertz CT molecular complexity index is 652. The largest absolute Gasteiger partial charge is 0.505 e. The van der Waals surface area contributed by atoms with Crippen LogP contribution in [0.2, 0.25) is 0 Å². The monoisotopic (exact) mass is 296 g/mol. The molecule has 22 heavy (non-hydrogen) atoms. The van der Waals surface area contributed by atoms with Crippen molar-refractivity contribution in [1.29, 1.82) is 0 Å². The van der Waals surface area contributed by atoms with Crippen LogP contribution in [0.5, 0.6) is 5.75 Å². The number of anilines is 1. The van der Waals surface area contributed by atoms with Crippen LogP contribution in [0.25, 0.3) is 0 Å². The molecule has 0 fully saturated rings. The summed E-state index contributed by atoms with van der Waals surface area (Å²) in [6.45, 7) is 3.99. The van der Waals surface area contributed by atoms with Gasteiger partial charge in [0.25, 0.3) is 0 Å². The molecule has 0 aliphatic carbocycles. The number of nitrogens with two attached hydrogens (primary N) is 1. The van der Waals surface area contributed by atoms with Crippen LogP contribution in [-0.2, 0) is 12.8 Å². The van der Waals surface area contributed by atoms with E-state index in [1.807, 2.05) is 12.1 Å². The zero-order chi connectivity index (χ0) is 15.5. The highest BCUT2D eigenvalue weighted by molar-refractivity contribution is 5.63. The molecule has 116 valence electrons. The van der Waals surface area contributed by atoms with Crippen LogP contribution < -0.4 is 11.1 Å². The first kappa shape index (κ1) is 14.9. The minimum absolute atomic E-state index is 0.286. The van der Waals surface area contributed by atoms with Gasteiger partial charge in [-0.15, -0.1) is 0 Å². The number of nitrogens with one attached hydrogen (secondary N) is 1. The van der Waals surface area contributed by atoms with Gasteiger partial charge in [-0.1, -0.05) is 43.7 Å². The third-order valence-corrected chi connectivity index (χ3v) is 4.56. The molecule has 0 radical (unpaired) electrons. The molecule has 2 aromatic rings. The van der Waals surface area contributed by atoms with Crippen molar-refractivity contribution in [2.45, 2.75) is 32.1 Å². The van der Waals surface area contributed by atoms with Crippen molar-refractivity contribution in [3.8, 4) is 5.75 Å².